The Balaban J connectivity index is 2.54. The largest absolute Gasteiger partial charge is 0.312 e. The summed E-state index contributed by atoms with van der Waals surface area (Å²) in [5.74, 6) is 0.0812. The van der Waals surface area contributed by atoms with Crippen molar-refractivity contribution in [3.8, 4) is 0 Å². The Morgan fingerprint density at radius 1 is 1.33 bits per heavy atom. The summed E-state index contributed by atoms with van der Waals surface area (Å²) >= 11 is 0. The van der Waals surface area contributed by atoms with Gasteiger partial charge in [0.2, 0.25) is 5.91 Å². The van der Waals surface area contributed by atoms with Gasteiger partial charge in [-0.1, -0.05) is 0 Å². The molecule has 0 unspecified atom stereocenters. The van der Waals surface area contributed by atoms with Crippen molar-refractivity contribution in [2.45, 2.75) is 31.1 Å². The highest BCUT2D eigenvalue weighted by Crippen LogP contribution is 2.30. The Hall–Kier alpha value is -1.07. The summed E-state index contributed by atoms with van der Waals surface area (Å²) in [6.45, 7) is 2.48. The van der Waals surface area contributed by atoms with Crippen molar-refractivity contribution in [2.24, 2.45) is 0 Å². The highest BCUT2D eigenvalue weighted by molar-refractivity contribution is 8.13. The van der Waals surface area contributed by atoms with Gasteiger partial charge in [-0.25, -0.2) is 8.42 Å². The first-order chi connectivity index (χ1) is 8.43. The number of amides is 1. The molecule has 1 aliphatic heterocycles. The van der Waals surface area contributed by atoms with Crippen molar-refractivity contribution in [1.29, 1.82) is 0 Å². The number of fused-ring (bicyclic) bond motifs is 1. The van der Waals surface area contributed by atoms with Gasteiger partial charge in [0.25, 0.3) is 9.05 Å². The first kappa shape index (κ1) is 13.4. The molecule has 2 rings (SSSR count). The van der Waals surface area contributed by atoms with Crippen LogP contribution in [0.15, 0.2) is 23.1 Å². The SMILES string of the molecule is CCN1C(=O)CCCc2cc(S(=O)(=O)Cl)ccc21. The van der Waals surface area contributed by atoms with Crippen molar-refractivity contribution in [1.82, 2.24) is 0 Å². The lowest BCUT2D eigenvalue weighted by Crippen LogP contribution is -2.29. The molecule has 4 nitrogen and oxygen atoms in total. The molecule has 0 N–H and O–H groups in total. The van der Waals surface area contributed by atoms with Gasteiger partial charge >= 0.3 is 0 Å². The summed E-state index contributed by atoms with van der Waals surface area (Å²) in [6, 6.07) is 4.68. The summed E-state index contributed by atoms with van der Waals surface area (Å²) in [5, 5.41) is 0. The van der Waals surface area contributed by atoms with Gasteiger partial charge in [-0.05, 0) is 43.5 Å². The lowest BCUT2D eigenvalue weighted by Gasteiger charge is -2.21. The number of carbonyl (C=O) groups is 1. The maximum atomic E-state index is 11.9. The minimum atomic E-state index is -3.72. The molecule has 1 aromatic carbocycles. The molecular weight excluding hydrogens is 274 g/mol. The molecule has 0 aliphatic carbocycles. The van der Waals surface area contributed by atoms with E-state index >= 15 is 0 Å². The molecule has 1 aromatic rings. The minimum Gasteiger partial charge on any atom is -0.312 e. The van der Waals surface area contributed by atoms with Crippen molar-refractivity contribution in [3.63, 3.8) is 0 Å². The molecule has 0 radical (unpaired) electrons. The normalized spacial score (nSPS) is 16.3. The van der Waals surface area contributed by atoms with Crippen LogP contribution in [0, 0.1) is 0 Å². The summed E-state index contributed by atoms with van der Waals surface area (Å²) in [5.41, 5.74) is 1.66. The number of anilines is 1. The third-order valence-electron chi connectivity index (χ3n) is 3.08. The average Bonchev–Trinajstić information content (AvgIpc) is 2.45. The molecule has 0 saturated carbocycles. The Morgan fingerprint density at radius 2 is 2.06 bits per heavy atom. The number of aryl methyl sites for hydroxylation is 1. The standard InChI is InChI=1S/C12H14ClNO3S/c1-2-14-11-7-6-10(18(13,16)17)8-9(11)4-3-5-12(14)15/h6-8H,2-5H2,1H3. The highest BCUT2D eigenvalue weighted by Gasteiger charge is 2.22. The Kier molecular flexibility index (Phi) is 3.64. The molecule has 6 heteroatoms. The van der Waals surface area contributed by atoms with Crippen LogP contribution in [0.1, 0.15) is 25.3 Å². The zero-order chi connectivity index (χ0) is 13.3. The molecule has 0 spiro atoms. The molecule has 1 heterocycles. The summed E-state index contributed by atoms with van der Waals surface area (Å²) in [7, 11) is 1.62. The van der Waals surface area contributed by atoms with Crippen molar-refractivity contribution in [2.75, 3.05) is 11.4 Å². The van der Waals surface area contributed by atoms with E-state index in [0.717, 1.165) is 17.7 Å². The van der Waals surface area contributed by atoms with E-state index in [0.29, 0.717) is 19.4 Å². The summed E-state index contributed by atoms with van der Waals surface area (Å²) < 4.78 is 22.6. The lowest BCUT2D eigenvalue weighted by molar-refractivity contribution is -0.118. The van der Waals surface area contributed by atoms with E-state index in [1.165, 1.54) is 6.07 Å². The second-order valence-corrected chi connectivity index (χ2v) is 6.79. The second kappa shape index (κ2) is 4.90. The zero-order valence-corrected chi connectivity index (χ0v) is 11.6. The van der Waals surface area contributed by atoms with E-state index in [-0.39, 0.29) is 10.8 Å². The first-order valence-electron chi connectivity index (χ1n) is 5.81. The van der Waals surface area contributed by atoms with Crippen LogP contribution >= 0.6 is 10.7 Å². The molecule has 0 atom stereocenters. The molecule has 18 heavy (non-hydrogen) atoms. The van der Waals surface area contributed by atoms with Gasteiger partial charge in [-0.15, -0.1) is 0 Å². The number of rotatable bonds is 2. The number of carbonyl (C=O) groups excluding carboxylic acids is 1. The molecule has 98 valence electrons. The van der Waals surface area contributed by atoms with E-state index in [2.05, 4.69) is 0 Å². The number of halogens is 1. The van der Waals surface area contributed by atoms with Crippen molar-refractivity contribution in [3.05, 3.63) is 23.8 Å². The van der Waals surface area contributed by atoms with Gasteiger partial charge in [-0.3, -0.25) is 4.79 Å². The fourth-order valence-electron chi connectivity index (χ4n) is 2.22. The quantitative estimate of drug-likeness (QED) is 0.784. The second-order valence-electron chi connectivity index (χ2n) is 4.22. The van der Waals surface area contributed by atoms with E-state index < -0.39 is 9.05 Å². The minimum absolute atomic E-state index is 0.0812. The molecule has 0 aromatic heterocycles. The fraction of sp³-hybridized carbons (Fsp3) is 0.417. The summed E-state index contributed by atoms with van der Waals surface area (Å²) in [6.07, 6.45) is 1.91. The van der Waals surface area contributed by atoms with Gasteiger partial charge in [0.15, 0.2) is 0 Å². The van der Waals surface area contributed by atoms with E-state index in [1.807, 2.05) is 6.92 Å². The Bertz CT molecular complexity index is 583. The topological polar surface area (TPSA) is 54.5 Å². The van der Waals surface area contributed by atoms with Crippen LogP contribution in [0.4, 0.5) is 5.69 Å². The molecule has 0 bridgehead atoms. The fourth-order valence-corrected chi connectivity index (χ4v) is 3.02. The lowest BCUT2D eigenvalue weighted by atomic mass is 10.1. The first-order valence-corrected chi connectivity index (χ1v) is 8.12. The molecular formula is C12H14ClNO3S. The monoisotopic (exact) mass is 287 g/mol. The van der Waals surface area contributed by atoms with Crippen LogP contribution in [0.3, 0.4) is 0 Å². The maximum Gasteiger partial charge on any atom is 0.261 e. The van der Waals surface area contributed by atoms with Crippen LogP contribution < -0.4 is 4.90 Å². The van der Waals surface area contributed by atoms with E-state index in [4.69, 9.17) is 10.7 Å². The predicted molar refractivity (Wildman–Crippen MR) is 70.4 cm³/mol. The van der Waals surface area contributed by atoms with E-state index in [1.54, 1.807) is 17.0 Å². The van der Waals surface area contributed by atoms with E-state index in [9.17, 15) is 13.2 Å². The molecule has 0 saturated heterocycles. The van der Waals surface area contributed by atoms with Crippen LogP contribution in [-0.2, 0) is 20.3 Å². The molecule has 0 fully saturated rings. The Labute approximate surface area is 111 Å². The number of benzene rings is 1. The Morgan fingerprint density at radius 3 is 2.67 bits per heavy atom. The maximum absolute atomic E-state index is 11.9. The average molecular weight is 288 g/mol. The smallest absolute Gasteiger partial charge is 0.261 e. The van der Waals surface area contributed by atoms with Gasteiger partial charge in [0.05, 0.1) is 4.90 Å². The van der Waals surface area contributed by atoms with Gasteiger partial charge in [-0.2, -0.15) is 0 Å². The molecule has 1 amide bonds. The van der Waals surface area contributed by atoms with Gasteiger partial charge in [0.1, 0.15) is 0 Å². The van der Waals surface area contributed by atoms with Gasteiger partial charge < -0.3 is 4.90 Å². The van der Waals surface area contributed by atoms with Crippen LogP contribution in [-0.4, -0.2) is 20.9 Å². The highest BCUT2D eigenvalue weighted by atomic mass is 35.7. The third-order valence-corrected chi connectivity index (χ3v) is 4.43. The summed E-state index contributed by atoms with van der Waals surface area (Å²) in [4.78, 5) is 13.7. The third kappa shape index (κ3) is 2.52. The van der Waals surface area contributed by atoms with Crippen LogP contribution in [0.25, 0.3) is 0 Å². The number of hydrogen-bond acceptors (Lipinski definition) is 3. The zero-order valence-electron chi connectivity index (χ0n) is 10.0. The van der Waals surface area contributed by atoms with Gasteiger partial charge in [0, 0.05) is 29.3 Å². The number of hydrogen-bond donors (Lipinski definition) is 0. The van der Waals surface area contributed by atoms with Crippen LogP contribution in [0.5, 0.6) is 0 Å². The van der Waals surface area contributed by atoms with Crippen LogP contribution in [0.2, 0.25) is 0 Å². The van der Waals surface area contributed by atoms with Crippen molar-refractivity contribution < 1.29 is 13.2 Å². The molecule has 1 aliphatic rings. The number of nitrogens with zero attached hydrogens (tertiary/aromatic N) is 1. The predicted octanol–water partition coefficient (Wildman–Crippen LogP) is 2.30. The van der Waals surface area contributed by atoms with Crippen molar-refractivity contribution >= 4 is 31.3 Å².